The van der Waals surface area contributed by atoms with Crippen LogP contribution in [0.3, 0.4) is 0 Å². The molecule has 4 heterocycles. The zero-order chi connectivity index (χ0) is 15.6. The molecule has 0 unspecified atom stereocenters. The molecule has 23 heavy (non-hydrogen) atoms. The van der Waals surface area contributed by atoms with E-state index in [4.69, 9.17) is 17.0 Å². The molecule has 0 saturated carbocycles. The third-order valence-electron chi connectivity index (χ3n) is 4.56. The average molecular weight is 328 g/mol. The molecule has 0 bridgehead atoms. The summed E-state index contributed by atoms with van der Waals surface area (Å²) in [7, 11) is 0. The van der Waals surface area contributed by atoms with Crippen LogP contribution in [0, 0.1) is 0 Å². The van der Waals surface area contributed by atoms with Crippen molar-refractivity contribution in [3.8, 4) is 0 Å². The van der Waals surface area contributed by atoms with Gasteiger partial charge in [-0.2, -0.15) is 0 Å². The van der Waals surface area contributed by atoms with E-state index < -0.39 is 0 Å². The van der Waals surface area contributed by atoms with Crippen LogP contribution in [0.5, 0.6) is 0 Å². The van der Waals surface area contributed by atoms with Gasteiger partial charge in [0.25, 0.3) is 0 Å². The molecule has 2 fully saturated rings. The Morgan fingerprint density at radius 1 is 1.30 bits per heavy atom. The first-order valence-electron chi connectivity index (χ1n) is 8.06. The molecule has 5 nitrogen and oxygen atoms in total. The van der Waals surface area contributed by atoms with Crippen molar-refractivity contribution in [1.29, 1.82) is 0 Å². The largest absolute Gasteiger partial charge is 0.376 e. The van der Waals surface area contributed by atoms with Gasteiger partial charge in [0, 0.05) is 31.2 Å². The van der Waals surface area contributed by atoms with Gasteiger partial charge in [0.2, 0.25) is 0 Å². The first kappa shape index (κ1) is 14.7. The Morgan fingerprint density at radius 3 is 2.96 bits per heavy atom. The number of aromatic nitrogens is 2. The smallest absolute Gasteiger partial charge is 0.170 e. The number of ether oxygens (including phenoxy) is 1. The van der Waals surface area contributed by atoms with Gasteiger partial charge in [-0.05, 0) is 49.3 Å². The lowest BCUT2D eigenvalue weighted by Crippen LogP contribution is -2.36. The lowest BCUT2D eigenvalue weighted by molar-refractivity contribution is 0.0838. The highest BCUT2D eigenvalue weighted by Crippen LogP contribution is 2.38. The molecular formula is C17H20N4OS. The van der Waals surface area contributed by atoms with Crippen LogP contribution in [0.4, 0.5) is 0 Å². The van der Waals surface area contributed by atoms with Gasteiger partial charge in [-0.25, -0.2) is 0 Å². The fraction of sp³-hybridized carbons (Fsp3) is 0.412. The van der Waals surface area contributed by atoms with Crippen molar-refractivity contribution in [3.05, 3.63) is 54.1 Å². The van der Waals surface area contributed by atoms with Gasteiger partial charge in [0.15, 0.2) is 5.11 Å². The monoisotopic (exact) mass is 328 g/mol. The molecule has 120 valence electrons. The predicted molar refractivity (Wildman–Crippen MR) is 91.9 cm³/mol. The Kier molecular flexibility index (Phi) is 4.01. The predicted octanol–water partition coefficient (Wildman–Crippen LogP) is 2.56. The summed E-state index contributed by atoms with van der Waals surface area (Å²) in [6, 6.07) is 10.3. The van der Waals surface area contributed by atoms with Crippen molar-refractivity contribution in [2.24, 2.45) is 0 Å². The van der Waals surface area contributed by atoms with Crippen LogP contribution in [-0.4, -0.2) is 39.2 Å². The van der Waals surface area contributed by atoms with E-state index in [1.165, 1.54) is 0 Å². The fourth-order valence-corrected chi connectivity index (χ4v) is 3.79. The third kappa shape index (κ3) is 2.84. The second kappa shape index (κ2) is 6.29. The van der Waals surface area contributed by atoms with Crippen LogP contribution in [0.1, 0.15) is 36.3 Å². The number of pyridine rings is 1. The number of rotatable bonds is 4. The van der Waals surface area contributed by atoms with Gasteiger partial charge in [0.05, 0.1) is 23.9 Å². The molecular weight excluding hydrogens is 308 g/mol. The molecule has 2 aliphatic heterocycles. The SMILES string of the molecule is S=C1N[C@@H](c2ccccn2)[C@H](c2ccc[nH]2)N1C[C@@H]1CCCO1. The lowest BCUT2D eigenvalue weighted by atomic mass is 10.0. The van der Waals surface area contributed by atoms with Crippen molar-refractivity contribution in [3.63, 3.8) is 0 Å². The third-order valence-corrected chi connectivity index (χ3v) is 4.92. The molecule has 4 rings (SSSR count). The van der Waals surface area contributed by atoms with Crippen LogP contribution in [-0.2, 0) is 4.74 Å². The summed E-state index contributed by atoms with van der Waals surface area (Å²) in [5.41, 5.74) is 2.15. The molecule has 0 amide bonds. The highest BCUT2D eigenvalue weighted by Gasteiger charge is 2.41. The average Bonchev–Trinajstić information content (AvgIpc) is 3.31. The summed E-state index contributed by atoms with van der Waals surface area (Å²) >= 11 is 5.62. The second-order valence-corrected chi connectivity index (χ2v) is 6.43. The van der Waals surface area contributed by atoms with E-state index in [1.807, 2.05) is 36.7 Å². The molecule has 2 aromatic heterocycles. The first-order chi connectivity index (χ1) is 11.3. The number of H-pyrrole nitrogens is 1. The summed E-state index contributed by atoms with van der Waals surface area (Å²) in [6.07, 6.45) is 6.28. The quantitative estimate of drug-likeness (QED) is 0.845. The van der Waals surface area contributed by atoms with Crippen LogP contribution in [0.15, 0.2) is 42.7 Å². The van der Waals surface area contributed by atoms with Crippen molar-refractivity contribution >= 4 is 17.3 Å². The summed E-state index contributed by atoms with van der Waals surface area (Å²) in [5.74, 6) is 0. The van der Waals surface area contributed by atoms with Crippen molar-refractivity contribution < 1.29 is 4.74 Å². The van der Waals surface area contributed by atoms with Gasteiger partial charge < -0.3 is 19.9 Å². The van der Waals surface area contributed by atoms with Gasteiger partial charge in [-0.1, -0.05) is 6.07 Å². The molecule has 2 aromatic rings. The van der Waals surface area contributed by atoms with Crippen LogP contribution in [0.25, 0.3) is 0 Å². The molecule has 2 aliphatic rings. The highest BCUT2D eigenvalue weighted by atomic mass is 32.1. The van der Waals surface area contributed by atoms with Crippen LogP contribution < -0.4 is 5.32 Å². The van der Waals surface area contributed by atoms with E-state index in [-0.39, 0.29) is 18.2 Å². The molecule has 0 spiro atoms. The van der Waals surface area contributed by atoms with Crippen LogP contribution in [0.2, 0.25) is 0 Å². The van der Waals surface area contributed by atoms with E-state index in [0.717, 1.165) is 42.5 Å². The molecule has 0 aliphatic carbocycles. The van der Waals surface area contributed by atoms with Gasteiger partial charge in [-0.3, -0.25) is 4.98 Å². The zero-order valence-electron chi connectivity index (χ0n) is 12.8. The van der Waals surface area contributed by atoms with Gasteiger partial charge >= 0.3 is 0 Å². The molecule has 6 heteroatoms. The second-order valence-electron chi connectivity index (χ2n) is 6.04. The minimum absolute atomic E-state index is 0.0451. The van der Waals surface area contributed by atoms with Crippen molar-refractivity contribution in [1.82, 2.24) is 20.2 Å². The number of aromatic amines is 1. The van der Waals surface area contributed by atoms with E-state index in [2.05, 4.69) is 26.3 Å². The normalized spacial score (nSPS) is 27.4. The summed E-state index contributed by atoms with van der Waals surface area (Å²) in [4.78, 5) is 10.1. The maximum absolute atomic E-state index is 5.81. The highest BCUT2D eigenvalue weighted by molar-refractivity contribution is 7.80. The Balaban J connectivity index is 1.66. The molecule has 2 N–H and O–H groups in total. The maximum Gasteiger partial charge on any atom is 0.170 e. The first-order valence-corrected chi connectivity index (χ1v) is 8.47. The summed E-state index contributed by atoms with van der Waals surface area (Å²) in [6.45, 7) is 1.67. The Morgan fingerprint density at radius 2 is 2.26 bits per heavy atom. The Labute approximate surface area is 141 Å². The minimum atomic E-state index is 0.0451. The number of nitrogens with zero attached hydrogens (tertiary/aromatic N) is 2. The molecule has 0 aromatic carbocycles. The summed E-state index contributed by atoms with van der Waals surface area (Å²) in [5, 5.41) is 4.23. The standard InChI is InChI=1S/C17H20N4OS/c23-17-20-15(13-6-1-2-8-18-13)16(14-7-3-9-19-14)21(17)11-12-5-4-10-22-12/h1-3,6-9,12,15-16,19H,4-5,10-11H2,(H,20,23)/t12-,15-,16-/m0/s1. The summed E-state index contributed by atoms with van der Waals surface area (Å²) < 4.78 is 5.81. The molecule has 0 radical (unpaired) electrons. The van der Waals surface area contributed by atoms with Gasteiger partial charge in [-0.15, -0.1) is 0 Å². The number of nitrogens with one attached hydrogen (secondary N) is 2. The number of hydrogen-bond acceptors (Lipinski definition) is 3. The topological polar surface area (TPSA) is 53.2 Å². The Bertz CT molecular complexity index is 654. The van der Waals surface area contributed by atoms with E-state index in [1.54, 1.807) is 0 Å². The zero-order valence-corrected chi connectivity index (χ0v) is 13.6. The van der Waals surface area contributed by atoms with Crippen molar-refractivity contribution in [2.75, 3.05) is 13.2 Å². The van der Waals surface area contributed by atoms with Crippen molar-refractivity contribution in [2.45, 2.75) is 31.0 Å². The van der Waals surface area contributed by atoms with E-state index in [0.29, 0.717) is 0 Å². The molecule has 2 saturated heterocycles. The van der Waals surface area contributed by atoms with E-state index in [9.17, 15) is 0 Å². The minimum Gasteiger partial charge on any atom is -0.376 e. The maximum atomic E-state index is 5.81. The van der Waals surface area contributed by atoms with Gasteiger partial charge in [0.1, 0.15) is 0 Å². The fourth-order valence-electron chi connectivity index (χ4n) is 3.48. The lowest BCUT2D eigenvalue weighted by Gasteiger charge is -2.28. The Hall–Kier alpha value is -1.92. The molecule has 3 atom stereocenters. The van der Waals surface area contributed by atoms with E-state index >= 15 is 0 Å². The number of hydrogen-bond donors (Lipinski definition) is 2. The number of thiocarbonyl (C=S) groups is 1. The van der Waals surface area contributed by atoms with Crippen LogP contribution >= 0.6 is 12.2 Å².